The molecule has 2 aliphatic rings. The molecule has 0 radical (unpaired) electrons. The first-order valence-electron chi connectivity index (χ1n) is 6.26. The predicted molar refractivity (Wildman–Crippen MR) is 67.3 cm³/mol. The summed E-state index contributed by atoms with van der Waals surface area (Å²) in [6.07, 6.45) is 2.86. The molecule has 1 aromatic carbocycles. The van der Waals surface area contributed by atoms with Gasteiger partial charge in [0, 0.05) is 12.1 Å². The minimum Gasteiger partial charge on any atom is -0.324 e. The summed E-state index contributed by atoms with van der Waals surface area (Å²) in [4.78, 5) is 25.7. The lowest BCUT2D eigenvalue weighted by Crippen LogP contribution is -2.56. The molecule has 0 spiro atoms. The summed E-state index contributed by atoms with van der Waals surface area (Å²) in [6, 6.07) is 5.36. The summed E-state index contributed by atoms with van der Waals surface area (Å²) >= 11 is 0. The SMILES string of the molecule is Cc1ccc2c(c1)C(=O)N(CC1(N)CCC1)C2=O. The van der Waals surface area contributed by atoms with Gasteiger partial charge in [-0.1, -0.05) is 11.6 Å². The zero-order chi connectivity index (χ0) is 12.9. The highest BCUT2D eigenvalue weighted by atomic mass is 16.2. The smallest absolute Gasteiger partial charge is 0.261 e. The van der Waals surface area contributed by atoms with Crippen LogP contribution in [0.2, 0.25) is 0 Å². The van der Waals surface area contributed by atoms with E-state index in [0.29, 0.717) is 17.7 Å². The molecule has 18 heavy (non-hydrogen) atoms. The number of carbonyl (C=O) groups is 2. The van der Waals surface area contributed by atoms with Crippen molar-refractivity contribution in [2.45, 2.75) is 31.7 Å². The van der Waals surface area contributed by atoms with Crippen molar-refractivity contribution in [1.29, 1.82) is 0 Å². The van der Waals surface area contributed by atoms with Crippen molar-refractivity contribution < 1.29 is 9.59 Å². The van der Waals surface area contributed by atoms with Crippen molar-refractivity contribution in [3.63, 3.8) is 0 Å². The van der Waals surface area contributed by atoms with Gasteiger partial charge in [0.25, 0.3) is 11.8 Å². The number of benzene rings is 1. The molecular weight excluding hydrogens is 228 g/mol. The third kappa shape index (κ3) is 1.56. The monoisotopic (exact) mass is 244 g/mol. The van der Waals surface area contributed by atoms with Crippen molar-refractivity contribution in [2.24, 2.45) is 5.73 Å². The van der Waals surface area contributed by atoms with Crippen molar-refractivity contribution in [2.75, 3.05) is 6.54 Å². The predicted octanol–water partition coefficient (Wildman–Crippen LogP) is 1.47. The molecule has 0 unspecified atom stereocenters. The topological polar surface area (TPSA) is 63.4 Å². The second-order valence-corrected chi connectivity index (χ2v) is 5.46. The fourth-order valence-electron chi connectivity index (χ4n) is 2.65. The number of hydrogen-bond donors (Lipinski definition) is 1. The molecule has 1 heterocycles. The summed E-state index contributed by atoms with van der Waals surface area (Å²) in [5, 5.41) is 0. The van der Waals surface area contributed by atoms with E-state index in [4.69, 9.17) is 5.73 Å². The molecule has 4 heteroatoms. The minimum atomic E-state index is -0.359. The molecule has 1 saturated carbocycles. The van der Waals surface area contributed by atoms with Crippen molar-refractivity contribution in [3.8, 4) is 0 Å². The first-order valence-corrected chi connectivity index (χ1v) is 6.26. The van der Waals surface area contributed by atoms with E-state index in [1.165, 1.54) is 4.90 Å². The Labute approximate surface area is 106 Å². The average Bonchev–Trinajstić information content (AvgIpc) is 2.52. The van der Waals surface area contributed by atoms with Crippen molar-refractivity contribution in [1.82, 2.24) is 4.90 Å². The number of nitrogens with two attached hydrogens (primary N) is 1. The normalized spacial score (nSPS) is 20.9. The molecular formula is C14H16N2O2. The second kappa shape index (κ2) is 3.65. The van der Waals surface area contributed by atoms with Gasteiger partial charge in [-0.25, -0.2) is 0 Å². The van der Waals surface area contributed by atoms with Crippen LogP contribution in [-0.2, 0) is 0 Å². The number of carbonyl (C=O) groups excluding carboxylic acids is 2. The maximum Gasteiger partial charge on any atom is 0.261 e. The third-order valence-corrected chi connectivity index (χ3v) is 3.95. The van der Waals surface area contributed by atoms with Gasteiger partial charge in [-0.15, -0.1) is 0 Å². The van der Waals surface area contributed by atoms with Gasteiger partial charge in [0.1, 0.15) is 0 Å². The first kappa shape index (κ1) is 11.4. The lowest BCUT2D eigenvalue weighted by atomic mass is 9.77. The van der Waals surface area contributed by atoms with Crippen molar-refractivity contribution in [3.05, 3.63) is 34.9 Å². The van der Waals surface area contributed by atoms with E-state index in [9.17, 15) is 9.59 Å². The highest BCUT2D eigenvalue weighted by Crippen LogP contribution is 2.33. The summed E-state index contributed by atoms with van der Waals surface area (Å²) < 4.78 is 0. The minimum absolute atomic E-state index is 0.199. The number of amides is 2. The average molecular weight is 244 g/mol. The number of aryl methyl sites for hydroxylation is 1. The summed E-state index contributed by atoms with van der Waals surface area (Å²) in [7, 11) is 0. The molecule has 1 aromatic rings. The Balaban J connectivity index is 1.92. The van der Waals surface area contributed by atoms with Gasteiger partial charge < -0.3 is 5.73 Å². The maximum atomic E-state index is 12.2. The fourth-order valence-corrected chi connectivity index (χ4v) is 2.65. The van der Waals surface area contributed by atoms with Crippen LogP contribution in [0.15, 0.2) is 18.2 Å². The molecule has 3 rings (SSSR count). The highest BCUT2D eigenvalue weighted by Gasteiger charge is 2.42. The molecule has 0 bridgehead atoms. The largest absolute Gasteiger partial charge is 0.324 e. The Morgan fingerprint density at radius 2 is 1.89 bits per heavy atom. The molecule has 2 amide bonds. The van der Waals surface area contributed by atoms with Crippen LogP contribution in [-0.4, -0.2) is 28.8 Å². The Bertz CT molecular complexity index is 547. The van der Waals surface area contributed by atoms with Crippen LogP contribution in [0, 0.1) is 6.92 Å². The molecule has 1 aliphatic carbocycles. The molecule has 1 aliphatic heterocycles. The van der Waals surface area contributed by atoms with Crippen LogP contribution in [0.1, 0.15) is 45.5 Å². The van der Waals surface area contributed by atoms with E-state index >= 15 is 0 Å². The molecule has 94 valence electrons. The van der Waals surface area contributed by atoms with E-state index in [2.05, 4.69) is 0 Å². The van der Waals surface area contributed by atoms with Crippen molar-refractivity contribution >= 4 is 11.8 Å². The zero-order valence-corrected chi connectivity index (χ0v) is 10.4. The maximum absolute atomic E-state index is 12.2. The van der Waals surface area contributed by atoms with E-state index in [1.807, 2.05) is 13.0 Å². The van der Waals surface area contributed by atoms with Gasteiger partial charge in [0.2, 0.25) is 0 Å². The van der Waals surface area contributed by atoms with Crippen LogP contribution in [0.5, 0.6) is 0 Å². The molecule has 0 aromatic heterocycles. The third-order valence-electron chi connectivity index (χ3n) is 3.95. The fraction of sp³-hybridized carbons (Fsp3) is 0.429. The number of rotatable bonds is 2. The van der Waals surface area contributed by atoms with Crippen LogP contribution >= 0.6 is 0 Å². The highest BCUT2D eigenvalue weighted by molar-refractivity contribution is 6.21. The summed E-state index contributed by atoms with van der Waals surface area (Å²) in [6.45, 7) is 2.26. The van der Waals surface area contributed by atoms with Crippen LogP contribution in [0.3, 0.4) is 0 Å². The zero-order valence-electron chi connectivity index (χ0n) is 10.4. The molecule has 4 nitrogen and oxygen atoms in total. The van der Waals surface area contributed by atoms with Gasteiger partial charge in [-0.2, -0.15) is 0 Å². The quantitative estimate of drug-likeness (QED) is 0.801. The van der Waals surface area contributed by atoms with E-state index in [0.717, 1.165) is 24.8 Å². The van der Waals surface area contributed by atoms with Gasteiger partial charge >= 0.3 is 0 Å². The van der Waals surface area contributed by atoms with E-state index < -0.39 is 0 Å². The summed E-state index contributed by atoms with van der Waals surface area (Å²) in [5.41, 5.74) is 7.78. The second-order valence-electron chi connectivity index (χ2n) is 5.46. The Hall–Kier alpha value is -1.68. The first-order chi connectivity index (χ1) is 8.50. The number of nitrogens with zero attached hydrogens (tertiary/aromatic N) is 1. The standard InChI is InChI=1S/C14H16N2O2/c1-9-3-4-10-11(7-9)13(18)16(12(10)17)8-14(15)5-2-6-14/h3-4,7H,2,5-6,8,15H2,1H3. The van der Waals surface area contributed by atoms with Gasteiger partial charge in [0.05, 0.1) is 11.1 Å². The van der Waals surface area contributed by atoms with E-state index in [-0.39, 0.29) is 17.4 Å². The molecule has 1 fully saturated rings. The number of hydrogen-bond acceptors (Lipinski definition) is 3. The molecule has 0 atom stereocenters. The van der Waals surface area contributed by atoms with Gasteiger partial charge in [0.15, 0.2) is 0 Å². The summed E-state index contributed by atoms with van der Waals surface area (Å²) in [5.74, 6) is -0.401. The lowest BCUT2D eigenvalue weighted by Gasteiger charge is -2.40. The van der Waals surface area contributed by atoms with E-state index in [1.54, 1.807) is 12.1 Å². The number of imide groups is 1. The van der Waals surface area contributed by atoms with Gasteiger partial charge in [-0.05, 0) is 38.3 Å². The van der Waals surface area contributed by atoms with Crippen LogP contribution in [0.4, 0.5) is 0 Å². The lowest BCUT2D eigenvalue weighted by molar-refractivity contribution is 0.0572. The Morgan fingerprint density at radius 1 is 1.22 bits per heavy atom. The number of fused-ring (bicyclic) bond motifs is 1. The molecule has 0 saturated heterocycles. The van der Waals surface area contributed by atoms with Crippen LogP contribution < -0.4 is 5.73 Å². The molecule has 2 N–H and O–H groups in total. The van der Waals surface area contributed by atoms with Gasteiger partial charge in [-0.3, -0.25) is 14.5 Å². The van der Waals surface area contributed by atoms with Crippen LogP contribution in [0.25, 0.3) is 0 Å². The Morgan fingerprint density at radius 3 is 2.50 bits per heavy atom. The Kier molecular flexibility index (Phi) is 2.32.